The van der Waals surface area contributed by atoms with Gasteiger partial charge in [-0.05, 0) is 75.4 Å². The minimum atomic E-state index is -0.390. The van der Waals surface area contributed by atoms with Gasteiger partial charge in [-0.3, -0.25) is 9.59 Å². The molecule has 3 rings (SSSR count). The molecule has 1 unspecified atom stereocenters. The fourth-order valence-corrected chi connectivity index (χ4v) is 3.75. The third-order valence-corrected chi connectivity index (χ3v) is 5.23. The molecule has 2 aromatic carbocycles. The summed E-state index contributed by atoms with van der Waals surface area (Å²) >= 11 is 0. The standard InChI is InChI=1S/C25H26FNO4/c1-16-13-23(18(3)27(16)17(2)14-30-4)24(28)15-31-22-11-7-20(8-12-22)25(29)19-5-9-21(26)10-6-19/h5-13,17H,14-15H2,1-4H3. The Kier molecular flexibility index (Phi) is 7.02. The first-order chi connectivity index (χ1) is 14.8. The highest BCUT2D eigenvalue weighted by Crippen LogP contribution is 2.22. The molecule has 0 saturated carbocycles. The number of nitrogens with zero attached hydrogens (tertiary/aromatic N) is 1. The highest BCUT2D eigenvalue weighted by molar-refractivity contribution is 6.09. The summed E-state index contributed by atoms with van der Waals surface area (Å²) in [6, 6.07) is 14.0. The number of benzene rings is 2. The molecule has 0 fully saturated rings. The number of aryl methyl sites for hydroxylation is 1. The van der Waals surface area contributed by atoms with Crippen molar-refractivity contribution in [2.45, 2.75) is 26.8 Å². The molecule has 0 radical (unpaired) electrons. The first-order valence-corrected chi connectivity index (χ1v) is 10.1. The summed E-state index contributed by atoms with van der Waals surface area (Å²) in [5.41, 5.74) is 3.37. The maximum absolute atomic E-state index is 13.0. The van der Waals surface area contributed by atoms with E-state index in [2.05, 4.69) is 4.57 Å². The molecule has 0 spiro atoms. The van der Waals surface area contributed by atoms with Gasteiger partial charge < -0.3 is 14.0 Å². The van der Waals surface area contributed by atoms with E-state index in [1.54, 1.807) is 31.4 Å². The second-order valence-electron chi connectivity index (χ2n) is 7.53. The number of ketones is 2. The summed E-state index contributed by atoms with van der Waals surface area (Å²) < 4.78 is 26.0. The largest absolute Gasteiger partial charge is 0.485 e. The number of hydrogen-bond acceptors (Lipinski definition) is 4. The average Bonchev–Trinajstić information content (AvgIpc) is 3.06. The molecule has 1 heterocycles. The summed E-state index contributed by atoms with van der Waals surface area (Å²) in [7, 11) is 1.66. The monoisotopic (exact) mass is 423 g/mol. The van der Waals surface area contributed by atoms with Crippen LogP contribution in [-0.4, -0.2) is 36.5 Å². The molecule has 0 amide bonds. The topological polar surface area (TPSA) is 57.5 Å². The lowest BCUT2D eigenvalue weighted by Gasteiger charge is -2.17. The van der Waals surface area contributed by atoms with Crippen LogP contribution in [0.1, 0.15) is 50.6 Å². The highest BCUT2D eigenvalue weighted by Gasteiger charge is 2.19. The summed E-state index contributed by atoms with van der Waals surface area (Å²) in [6.07, 6.45) is 0. The number of halogens is 1. The zero-order valence-corrected chi connectivity index (χ0v) is 18.1. The van der Waals surface area contributed by atoms with Crippen molar-refractivity contribution in [1.29, 1.82) is 0 Å². The van der Waals surface area contributed by atoms with E-state index in [9.17, 15) is 14.0 Å². The van der Waals surface area contributed by atoms with Crippen molar-refractivity contribution in [3.05, 3.63) is 88.5 Å². The number of hydrogen-bond donors (Lipinski definition) is 0. The van der Waals surface area contributed by atoms with Crippen LogP contribution in [0.4, 0.5) is 4.39 Å². The molecule has 0 aliphatic carbocycles. The molecule has 0 aliphatic rings. The molecule has 0 aliphatic heterocycles. The summed E-state index contributed by atoms with van der Waals surface area (Å²) in [5.74, 6) is -0.222. The van der Waals surface area contributed by atoms with E-state index in [-0.39, 0.29) is 30.0 Å². The van der Waals surface area contributed by atoms with Crippen LogP contribution in [0, 0.1) is 19.7 Å². The van der Waals surface area contributed by atoms with E-state index in [4.69, 9.17) is 9.47 Å². The van der Waals surface area contributed by atoms with Crippen LogP contribution in [0.15, 0.2) is 54.6 Å². The van der Waals surface area contributed by atoms with Crippen molar-refractivity contribution in [3.63, 3.8) is 0 Å². The van der Waals surface area contributed by atoms with Crippen molar-refractivity contribution in [2.24, 2.45) is 0 Å². The molecule has 1 aromatic heterocycles. The van der Waals surface area contributed by atoms with Crippen molar-refractivity contribution in [2.75, 3.05) is 20.3 Å². The Balaban J connectivity index is 1.65. The predicted octanol–water partition coefficient (Wildman–Crippen LogP) is 4.94. The van der Waals surface area contributed by atoms with E-state index in [0.29, 0.717) is 29.0 Å². The van der Waals surface area contributed by atoms with Gasteiger partial charge in [-0.15, -0.1) is 0 Å². The molecule has 0 bridgehead atoms. The van der Waals surface area contributed by atoms with Crippen molar-refractivity contribution in [3.8, 4) is 5.75 Å². The second-order valence-corrected chi connectivity index (χ2v) is 7.53. The number of rotatable bonds is 9. The normalized spacial score (nSPS) is 11.9. The van der Waals surface area contributed by atoms with Crippen LogP contribution in [0.25, 0.3) is 0 Å². The van der Waals surface area contributed by atoms with Gasteiger partial charge in [0.15, 0.2) is 12.4 Å². The lowest BCUT2D eigenvalue weighted by atomic mass is 10.0. The number of methoxy groups -OCH3 is 1. The van der Waals surface area contributed by atoms with Gasteiger partial charge in [-0.1, -0.05) is 0 Å². The smallest absolute Gasteiger partial charge is 0.202 e. The lowest BCUT2D eigenvalue weighted by molar-refractivity contribution is 0.0919. The maximum atomic E-state index is 13.0. The minimum Gasteiger partial charge on any atom is -0.485 e. The molecule has 6 heteroatoms. The van der Waals surface area contributed by atoms with E-state index >= 15 is 0 Å². The first kappa shape index (κ1) is 22.4. The van der Waals surface area contributed by atoms with Crippen LogP contribution < -0.4 is 4.74 Å². The Morgan fingerprint density at radius 1 is 1.00 bits per heavy atom. The van der Waals surface area contributed by atoms with Gasteiger partial charge in [-0.2, -0.15) is 0 Å². The fraction of sp³-hybridized carbons (Fsp3) is 0.280. The second kappa shape index (κ2) is 9.71. The van der Waals surface area contributed by atoms with Gasteiger partial charge in [0, 0.05) is 35.2 Å². The van der Waals surface area contributed by atoms with E-state index in [1.165, 1.54) is 24.3 Å². The minimum absolute atomic E-state index is 0.103. The lowest BCUT2D eigenvalue weighted by Crippen LogP contribution is -2.16. The molecule has 5 nitrogen and oxygen atoms in total. The van der Waals surface area contributed by atoms with Crippen LogP contribution in [0.3, 0.4) is 0 Å². The van der Waals surface area contributed by atoms with Gasteiger partial charge >= 0.3 is 0 Å². The number of carbonyl (C=O) groups is 2. The van der Waals surface area contributed by atoms with Crippen molar-refractivity contribution >= 4 is 11.6 Å². The van der Waals surface area contributed by atoms with Gasteiger partial charge in [0.25, 0.3) is 0 Å². The van der Waals surface area contributed by atoms with E-state index in [0.717, 1.165) is 11.4 Å². The number of aromatic nitrogens is 1. The molecule has 162 valence electrons. The van der Waals surface area contributed by atoms with Crippen LogP contribution in [-0.2, 0) is 4.74 Å². The Bertz CT molecular complexity index is 1070. The molecule has 1 atom stereocenters. The maximum Gasteiger partial charge on any atom is 0.202 e. The summed E-state index contributed by atoms with van der Waals surface area (Å²) in [5, 5.41) is 0. The Labute approximate surface area is 181 Å². The molecular formula is C25H26FNO4. The predicted molar refractivity (Wildman–Crippen MR) is 117 cm³/mol. The number of ether oxygens (including phenoxy) is 2. The zero-order chi connectivity index (χ0) is 22.5. The molecule has 3 aromatic rings. The Morgan fingerprint density at radius 3 is 2.16 bits per heavy atom. The molecular weight excluding hydrogens is 397 g/mol. The van der Waals surface area contributed by atoms with E-state index in [1.807, 2.05) is 26.8 Å². The van der Waals surface area contributed by atoms with Gasteiger partial charge in [0.2, 0.25) is 5.78 Å². The fourth-order valence-electron chi connectivity index (χ4n) is 3.75. The van der Waals surface area contributed by atoms with Crippen molar-refractivity contribution in [1.82, 2.24) is 4.57 Å². The first-order valence-electron chi connectivity index (χ1n) is 10.1. The highest BCUT2D eigenvalue weighted by atomic mass is 19.1. The quantitative estimate of drug-likeness (QED) is 0.457. The summed E-state index contributed by atoms with van der Waals surface area (Å²) in [4.78, 5) is 25.2. The third-order valence-electron chi connectivity index (χ3n) is 5.23. The van der Waals surface area contributed by atoms with Gasteiger partial charge in [0.05, 0.1) is 12.6 Å². The number of Topliss-reactive ketones (excluding diaryl/α,β-unsaturated/α-hetero) is 1. The van der Waals surface area contributed by atoms with Crippen molar-refractivity contribution < 1.29 is 23.5 Å². The van der Waals surface area contributed by atoms with Gasteiger partial charge in [-0.25, -0.2) is 4.39 Å². The Morgan fingerprint density at radius 2 is 1.58 bits per heavy atom. The van der Waals surface area contributed by atoms with Crippen LogP contribution in [0.5, 0.6) is 5.75 Å². The van der Waals surface area contributed by atoms with Gasteiger partial charge in [0.1, 0.15) is 11.6 Å². The van der Waals surface area contributed by atoms with Crippen LogP contribution in [0.2, 0.25) is 0 Å². The average molecular weight is 423 g/mol. The molecule has 31 heavy (non-hydrogen) atoms. The van der Waals surface area contributed by atoms with Crippen LogP contribution >= 0.6 is 0 Å². The zero-order valence-electron chi connectivity index (χ0n) is 18.1. The Hall–Kier alpha value is -3.25. The molecule has 0 saturated heterocycles. The van der Waals surface area contributed by atoms with E-state index < -0.39 is 0 Å². The molecule has 0 N–H and O–H groups in total. The SMILES string of the molecule is COCC(C)n1c(C)cc(C(=O)COc2ccc(C(=O)c3ccc(F)cc3)cc2)c1C. The number of carbonyl (C=O) groups excluding carboxylic acids is 2. The third kappa shape index (κ3) is 5.09. The summed E-state index contributed by atoms with van der Waals surface area (Å²) in [6.45, 7) is 6.39.